The predicted octanol–water partition coefficient (Wildman–Crippen LogP) is 2.70. The number of aliphatic imine (C=N–C) groups is 1. The average molecular weight is 277 g/mol. The maximum atomic E-state index is 12.1. The van der Waals surface area contributed by atoms with Crippen molar-refractivity contribution in [2.75, 3.05) is 0 Å². The van der Waals surface area contributed by atoms with Gasteiger partial charge in [-0.2, -0.15) is 4.99 Å². The van der Waals surface area contributed by atoms with Crippen molar-refractivity contribution in [2.45, 2.75) is 19.0 Å². The molecular formula is C17H15N3O. The highest BCUT2D eigenvalue weighted by molar-refractivity contribution is 6.05. The Labute approximate surface area is 123 Å². The molecule has 0 saturated heterocycles. The lowest BCUT2D eigenvalue weighted by Crippen LogP contribution is -2.39. The van der Waals surface area contributed by atoms with E-state index < -0.39 is 6.04 Å². The summed E-state index contributed by atoms with van der Waals surface area (Å²) in [6.45, 7) is 1.80. The van der Waals surface area contributed by atoms with E-state index in [1.165, 1.54) is 0 Å². The van der Waals surface area contributed by atoms with Gasteiger partial charge in [-0.05, 0) is 23.3 Å². The maximum Gasteiger partial charge on any atom is 0.347 e. The van der Waals surface area contributed by atoms with Crippen LogP contribution in [0.3, 0.4) is 0 Å². The molecule has 2 atom stereocenters. The molecule has 0 radical (unpaired) electrons. The molecule has 0 aliphatic carbocycles. The van der Waals surface area contributed by atoms with Gasteiger partial charge in [0.15, 0.2) is 0 Å². The lowest BCUT2D eigenvalue weighted by Gasteiger charge is -2.28. The molecule has 0 bridgehead atoms. The smallest absolute Gasteiger partial charge is 0.347 e. The molecule has 1 aliphatic heterocycles. The van der Waals surface area contributed by atoms with Crippen LogP contribution in [-0.2, 0) is 0 Å². The molecule has 3 rings (SSSR count). The number of carbonyl (C=O) groups excluding carboxylic acids is 1. The summed E-state index contributed by atoms with van der Waals surface area (Å²) in [6, 6.07) is 12.8. The Balaban J connectivity index is 2.19. The van der Waals surface area contributed by atoms with E-state index in [-0.39, 0.29) is 12.1 Å². The first-order chi connectivity index (χ1) is 10.1. The molecule has 2 aromatic carbocycles. The average Bonchev–Trinajstić information content (AvgIpc) is 2.80. The molecule has 104 valence electrons. The van der Waals surface area contributed by atoms with Crippen LogP contribution in [-0.4, -0.2) is 22.8 Å². The fraction of sp³-hybridized carbons (Fsp3) is 0.176. The van der Waals surface area contributed by atoms with Gasteiger partial charge in [0.05, 0.1) is 6.04 Å². The lowest BCUT2D eigenvalue weighted by molar-refractivity contribution is 0.199. The highest BCUT2D eigenvalue weighted by Gasteiger charge is 2.37. The molecule has 2 amide bonds. The Morgan fingerprint density at radius 2 is 2.00 bits per heavy atom. The monoisotopic (exact) mass is 277 g/mol. The van der Waals surface area contributed by atoms with Gasteiger partial charge in [0.1, 0.15) is 11.9 Å². The highest BCUT2D eigenvalue weighted by Crippen LogP contribution is 2.33. The van der Waals surface area contributed by atoms with E-state index >= 15 is 0 Å². The topological polar surface area (TPSA) is 58.7 Å². The molecule has 4 nitrogen and oxygen atoms in total. The number of fused-ring (bicyclic) bond motifs is 1. The molecule has 21 heavy (non-hydrogen) atoms. The molecule has 4 heteroatoms. The van der Waals surface area contributed by atoms with Gasteiger partial charge in [0.25, 0.3) is 0 Å². The minimum atomic E-state index is -0.408. The van der Waals surface area contributed by atoms with Crippen LogP contribution in [0.2, 0.25) is 0 Å². The number of rotatable bonds is 2. The van der Waals surface area contributed by atoms with E-state index in [2.05, 4.69) is 10.9 Å². The molecule has 2 N–H and O–H groups in total. The Bertz CT molecular complexity index is 783. The fourth-order valence-corrected chi connectivity index (χ4v) is 2.75. The Kier molecular flexibility index (Phi) is 3.11. The Morgan fingerprint density at radius 1 is 1.29 bits per heavy atom. The summed E-state index contributed by atoms with van der Waals surface area (Å²) in [5, 5.41) is 2.14. The van der Waals surface area contributed by atoms with Gasteiger partial charge in [0, 0.05) is 0 Å². The molecule has 0 fully saturated rings. The third-order valence-electron chi connectivity index (χ3n) is 3.78. The van der Waals surface area contributed by atoms with Gasteiger partial charge in [-0.15, -0.1) is 6.42 Å². The van der Waals surface area contributed by atoms with Crippen LogP contribution in [0.1, 0.15) is 18.5 Å². The van der Waals surface area contributed by atoms with Crippen LogP contribution in [0.5, 0.6) is 0 Å². The second-order valence-electron chi connectivity index (χ2n) is 5.04. The SMILES string of the molecule is C#CC(C)N1C(=O)N=C(N)C1c1cccc2ccccc12. The summed E-state index contributed by atoms with van der Waals surface area (Å²) in [5.41, 5.74) is 6.94. The van der Waals surface area contributed by atoms with Crippen LogP contribution in [0, 0.1) is 12.3 Å². The summed E-state index contributed by atoms with van der Waals surface area (Å²) in [5.74, 6) is 2.87. The number of carbonyl (C=O) groups is 1. The molecule has 2 aromatic rings. The van der Waals surface area contributed by atoms with E-state index in [1.54, 1.807) is 11.8 Å². The van der Waals surface area contributed by atoms with Crippen LogP contribution in [0.15, 0.2) is 47.5 Å². The fourth-order valence-electron chi connectivity index (χ4n) is 2.75. The minimum absolute atomic E-state index is 0.290. The van der Waals surface area contributed by atoms with Crippen molar-refractivity contribution in [1.82, 2.24) is 4.90 Å². The third-order valence-corrected chi connectivity index (χ3v) is 3.78. The van der Waals surface area contributed by atoms with Gasteiger partial charge >= 0.3 is 6.03 Å². The van der Waals surface area contributed by atoms with Crippen molar-refractivity contribution in [1.29, 1.82) is 0 Å². The van der Waals surface area contributed by atoms with E-state index in [9.17, 15) is 4.79 Å². The number of terminal acetylenes is 1. The number of amidine groups is 1. The second-order valence-corrected chi connectivity index (χ2v) is 5.04. The standard InChI is InChI=1S/C17H15N3O/c1-3-11(2)20-15(16(18)19-17(20)21)14-10-6-8-12-7-4-5-9-13(12)14/h1,4-11,15H,2H3,(H2,18,19,21). The first-order valence-electron chi connectivity index (χ1n) is 6.73. The summed E-state index contributed by atoms with van der Waals surface area (Å²) in [4.78, 5) is 17.5. The van der Waals surface area contributed by atoms with Crippen molar-refractivity contribution < 1.29 is 4.79 Å². The van der Waals surface area contributed by atoms with Crippen LogP contribution in [0.25, 0.3) is 10.8 Å². The summed E-state index contributed by atoms with van der Waals surface area (Å²) >= 11 is 0. The van der Waals surface area contributed by atoms with Crippen molar-refractivity contribution in [2.24, 2.45) is 10.7 Å². The molecule has 0 aromatic heterocycles. The van der Waals surface area contributed by atoms with Gasteiger partial charge in [-0.1, -0.05) is 48.4 Å². The molecule has 2 unspecified atom stereocenters. The van der Waals surface area contributed by atoms with E-state index in [1.807, 2.05) is 42.5 Å². The van der Waals surface area contributed by atoms with Crippen LogP contribution >= 0.6 is 0 Å². The van der Waals surface area contributed by atoms with Gasteiger partial charge in [0.2, 0.25) is 0 Å². The van der Waals surface area contributed by atoms with Gasteiger partial charge in [-0.3, -0.25) is 4.90 Å². The van der Waals surface area contributed by atoms with Crippen molar-refractivity contribution >= 4 is 22.6 Å². The molecule has 0 saturated carbocycles. The number of urea groups is 1. The third kappa shape index (κ3) is 2.03. The van der Waals surface area contributed by atoms with Gasteiger partial charge < -0.3 is 5.73 Å². The lowest BCUT2D eigenvalue weighted by atomic mass is 9.97. The van der Waals surface area contributed by atoms with Crippen molar-refractivity contribution in [3.63, 3.8) is 0 Å². The zero-order chi connectivity index (χ0) is 15.0. The zero-order valence-corrected chi connectivity index (χ0v) is 11.7. The largest absolute Gasteiger partial charge is 0.385 e. The normalized spacial score (nSPS) is 19.4. The number of benzene rings is 2. The van der Waals surface area contributed by atoms with Crippen LogP contribution < -0.4 is 5.73 Å². The minimum Gasteiger partial charge on any atom is -0.385 e. The number of hydrogen-bond acceptors (Lipinski definition) is 2. The number of hydrogen-bond donors (Lipinski definition) is 1. The highest BCUT2D eigenvalue weighted by atomic mass is 16.2. The second kappa shape index (κ2) is 4.95. The van der Waals surface area contributed by atoms with Crippen molar-refractivity contribution in [3.8, 4) is 12.3 Å². The summed E-state index contributed by atoms with van der Waals surface area (Å²) in [7, 11) is 0. The number of nitrogens with two attached hydrogens (primary N) is 1. The predicted molar refractivity (Wildman–Crippen MR) is 83.8 cm³/mol. The summed E-state index contributed by atoms with van der Waals surface area (Å²) < 4.78 is 0. The number of amides is 2. The molecule has 1 heterocycles. The van der Waals surface area contributed by atoms with E-state index in [0.29, 0.717) is 5.84 Å². The first kappa shape index (κ1) is 13.2. The molecule has 0 spiro atoms. The Morgan fingerprint density at radius 3 is 2.76 bits per heavy atom. The zero-order valence-electron chi connectivity index (χ0n) is 11.7. The number of nitrogens with zero attached hydrogens (tertiary/aromatic N) is 2. The van der Waals surface area contributed by atoms with E-state index in [4.69, 9.17) is 12.2 Å². The van der Waals surface area contributed by atoms with Gasteiger partial charge in [-0.25, -0.2) is 4.79 Å². The molecule has 1 aliphatic rings. The van der Waals surface area contributed by atoms with E-state index in [0.717, 1.165) is 16.3 Å². The Hall–Kier alpha value is -2.80. The maximum absolute atomic E-state index is 12.1. The molecular weight excluding hydrogens is 262 g/mol. The summed E-state index contributed by atoms with van der Waals surface area (Å²) in [6.07, 6.45) is 5.48. The van der Waals surface area contributed by atoms with Crippen LogP contribution in [0.4, 0.5) is 4.79 Å². The van der Waals surface area contributed by atoms with Crippen molar-refractivity contribution in [3.05, 3.63) is 48.0 Å². The first-order valence-corrected chi connectivity index (χ1v) is 6.73. The quantitative estimate of drug-likeness (QED) is 0.858.